The van der Waals surface area contributed by atoms with Crippen LogP contribution in [0.25, 0.3) is 11.3 Å². The average molecular weight is 404 g/mol. The molecule has 3 heterocycles. The Kier molecular flexibility index (Phi) is 5.27. The van der Waals surface area contributed by atoms with Gasteiger partial charge in [-0.2, -0.15) is 0 Å². The van der Waals surface area contributed by atoms with Crippen molar-refractivity contribution in [3.05, 3.63) is 66.6 Å². The molecular weight excluding hydrogens is 385 g/mol. The summed E-state index contributed by atoms with van der Waals surface area (Å²) in [4.78, 5) is 16.6. The van der Waals surface area contributed by atoms with Gasteiger partial charge in [-0.1, -0.05) is 20.8 Å². The Morgan fingerprint density at radius 3 is 2.07 bits per heavy atom. The highest BCUT2D eigenvalue weighted by Gasteiger charge is 2.46. The number of hydrogen-bond donors (Lipinski definition) is 1. The highest BCUT2D eigenvalue weighted by atomic mass is 19.4. The summed E-state index contributed by atoms with van der Waals surface area (Å²) in [6.07, 6.45) is 2.21. The Balaban J connectivity index is 1.93. The van der Waals surface area contributed by atoms with Crippen molar-refractivity contribution in [3.63, 3.8) is 0 Å². The molecule has 3 aromatic heterocycles. The van der Waals surface area contributed by atoms with Gasteiger partial charge in [0.25, 0.3) is 0 Å². The van der Waals surface area contributed by atoms with Crippen LogP contribution in [-0.2, 0) is 5.60 Å². The summed E-state index contributed by atoms with van der Waals surface area (Å²) in [7, 11) is 0. The third-order valence-electron chi connectivity index (χ3n) is 4.42. The van der Waals surface area contributed by atoms with E-state index in [4.69, 9.17) is 0 Å². The summed E-state index contributed by atoms with van der Waals surface area (Å²) in [6.45, 7) is 5.58. The van der Waals surface area contributed by atoms with Crippen LogP contribution in [0.1, 0.15) is 32.2 Å². The molecule has 0 saturated carbocycles. The largest absolute Gasteiger partial charge is 0.573 e. The number of aliphatic hydroxyl groups is 1. The molecule has 1 unspecified atom stereocenters. The van der Waals surface area contributed by atoms with Crippen LogP contribution in [0, 0.1) is 5.41 Å². The SMILES string of the molecule is CC(C)(C)C(O)(c1ccc(-c2ccc(OC(F)(F)F)cn2)cn1)c1cnccn1. The van der Waals surface area contributed by atoms with E-state index < -0.39 is 23.1 Å². The summed E-state index contributed by atoms with van der Waals surface area (Å²) in [5.74, 6) is -0.407. The molecule has 0 amide bonds. The van der Waals surface area contributed by atoms with E-state index in [2.05, 4.69) is 24.7 Å². The molecule has 0 spiro atoms. The number of alkyl halides is 3. The molecule has 9 heteroatoms. The number of ether oxygens (including phenoxy) is 1. The number of pyridine rings is 2. The molecule has 6 nitrogen and oxygen atoms in total. The third kappa shape index (κ3) is 4.34. The molecule has 0 aliphatic carbocycles. The molecule has 0 bridgehead atoms. The van der Waals surface area contributed by atoms with Gasteiger partial charge in [0.1, 0.15) is 5.75 Å². The second-order valence-electron chi connectivity index (χ2n) is 7.41. The van der Waals surface area contributed by atoms with Crippen LogP contribution in [0.3, 0.4) is 0 Å². The zero-order valence-electron chi connectivity index (χ0n) is 16.0. The van der Waals surface area contributed by atoms with Gasteiger partial charge in [0, 0.05) is 29.6 Å². The second-order valence-corrected chi connectivity index (χ2v) is 7.41. The Labute approximate surface area is 165 Å². The van der Waals surface area contributed by atoms with Gasteiger partial charge in [-0.05, 0) is 24.3 Å². The number of rotatable bonds is 4. The zero-order chi connectivity index (χ0) is 21.3. The zero-order valence-corrected chi connectivity index (χ0v) is 16.0. The molecule has 152 valence electrons. The molecule has 0 aliphatic heterocycles. The first-order valence-electron chi connectivity index (χ1n) is 8.68. The molecule has 0 fully saturated rings. The van der Waals surface area contributed by atoms with Crippen LogP contribution >= 0.6 is 0 Å². The fourth-order valence-electron chi connectivity index (χ4n) is 2.89. The third-order valence-corrected chi connectivity index (χ3v) is 4.42. The monoisotopic (exact) mass is 404 g/mol. The van der Waals surface area contributed by atoms with Crippen molar-refractivity contribution in [2.24, 2.45) is 5.41 Å². The fourth-order valence-corrected chi connectivity index (χ4v) is 2.89. The lowest BCUT2D eigenvalue weighted by molar-refractivity contribution is -0.274. The normalized spacial score (nSPS) is 14.3. The molecular formula is C20H19F3N4O2. The highest BCUT2D eigenvalue weighted by molar-refractivity contribution is 5.58. The molecule has 0 saturated heterocycles. The van der Waals surface area contributed by atoms with Crippen molar-refractivity contribution in [1.29, 1.82) is 0 Å². The molecule has 0 aliphatic rings. The lowest BCUT2D eigenvalue weighted by atomic mass is 9.72. The van der Waals surface area contributed by atoms with Crippen molar-refractivity contribution in [2.45, 2.75) is 32.7 Å². The van der Waals surface area contributed by atoms with Gasteiger partial charge in [-0.15, -0.1) is 13.2 Å². The van der Waals surface area contributed by atoms with Crippen molar-refractivity contribution >= 4 is 0 Å². The van der Waals surface area contributed by atoms with E-state index in [0.717, 1.165) is 6.20 Å². The predicted octanol–water partition coefficient (Wildman–Crippen LogP) is 4.11. The Morgan fingerprint density at radius 1 is 0.828 bits per heavy atom. The van der Waals surface area contributed by atoms with Gasteiger partial charge in [0.2, 0.25) is 0 Å². The first kappa shape index (κ1) is 20.7. The Morgan fingerprint density at radius 2 is 1.59 bits per heavy atom. The summed E-state index contributed by atoms with van der Waals surface area (Å²) >= 11 is 0. The summed E-state index contributed by atoms with van der Waals surface area (Å²) < 4.78 is 40.6. The molecule has 0 aromatic carbocycles. The molecule has 1 N–H and O–H groups in total. The topological polar surface area (TPSA) is 81.0 Å². The van der Waals surface area contributed by atoms with Crippen molar-refractivity contribution in [2.75, 3.05) is 0 Å². The lowest BCUT2D eigenvalue weighted by Gasteiger charge is -2.39. The van der Waals surface area contributed by atoms with Crippen molar-refractivity contribution in [1.82, 2.24) is 19.9 Å². The van der Waals surface area contributed by atoms with Gasteiger partial charge in [-0.25, -0.2) is 0 Å². The van der Waals surface area contributed by atoms with Crippen LogP contribution in [0.15, 0.2) is 55.2 Å². The number of halogens is 3. The van der Waals surface area contributed by atoms with E-state index in [1.165, 1.54) is 36.9 Å². The minimum atomic E-state index is -4.77. The van der Waals surface area contributed by atoms with Crippen LogP contribution in [0.5, 0.6) is 5.75 Å². The van der Waals surface area contributed by atoms with Crippen LogP contribution < -0.4 is 4.74 Å². The smallest absolute Gasteiger partial charge is 0.404 e. The Bertz CT molecular complexity index is 956. The maximum absolute atomic E-state index is 12.3. The minimum Gasteiger partial charge on any atom is -0.404 e. The molecule has 1 atom stereocenters. The predicted molar refractivity (Wildman–Crippen MR) is 98.6 cm³/mol. The van der Waals surface area contributed by atoms with E-state index in [1.54, 1.807) is 12.1 Å². The first-order chi connectivity index (χ1) is 13.5. The van der Waals surface area contributed by atoms with E-state index in [-0.39, 0.29) is 0 Å². The fraction of sp³-hybridized carbons (Fsp3) is 0.300. The maximum atomic E-state index is 12.3. The molecule has 3 aromatic rings. The van der Waals surface area contributed by atoms with Gasteiger partial charge in [-0.3, -0.25) is 19.9 Å². The van der Waals surface area contributed by atoms with E-state index in [0.29, 0.717) is 22.6 Å². The van der Waals surface area contributed by atoms with Gasteiger partial charge in [0.15, 0.2) is 5.60 Å². The quantitative estimate of drug-likeness (QED) is 0.705. The average Bonchev–Trinajstić information content (AvgIpc) is 2.67. The highest BCUT2D eigenvalue weighted by Crippen LogP contribution is 2.43. The summed E-state index contributed by atoms with van der Waals surface area (Å²) in [6, 6.07) is 5.89. The maximum Gasteiger partial charge on any atom is 0.573 e. The van der Waals surface area contributed by atoms with Crippen molar-refractivity contribution in [3.8, 4) is 17.0 Å². The van der Waals surface area contributed by atoms with Gasteiger partial charge >= 0.3 is 6.36 Å². The summed E-state index contributed by atoms with van der Waals surface area (Å²) in [5.41, 5.74) is -0.435. The number of nitrogens with zero attached hydrogens (tertiary/aromatic N) is 4. The van der Waals surface area contributed by atoms with Gasteiger partial charge in [0.05, 0.1) is 29.5 Å². The van der Waals surface area contributed by atoms with E-state index in [1.807, 2.05) is 20.8 Å². The van der Waals surface area contributed by atoms with Crippen molar-refractivity contribution < 1.29 is 23.0 Å². The van der Waals surface area contributed by atoms with Gasteiger partial charge < -0.3 is 9.84 Å². The minimum absolute atomic E-state index is 0.361. The number of hydrogen-bond acceptors (Lipinski definition) is 6. The lowest BCUT2D eigenvalue weighted by Crippen LogP contribution is -2.42. The van der Waals surface area contributed by atoms with Crippen LogP contribution in [0.4, 0.5) is 13.2 Å². The molecule has 0 radical (unpaired) electrons. The molecule has 29 heavy (non-hydrogen) atoms. The number of aromatic nitrogens is 4. The van der Waals surface area contributed by atoms with E-state index in [9.17, 15) is 18.3 Å². The second kappa shape index (κ2) is 7.40. The Hall–Kier alpha value is -3.07. The van der Waals surface area contributed by atoms with E-state index >= 15 is 0 Å². The molecule has 3 rings (SSSR count). The summed E-state index contributed by atoms with van der Waals surface area (Å²) in [5, 5.41) is 11.5. The first-order valence-corrected chi connectivity index (χ1v) is 8.68. The van der Waals surface area contributed by atoms with Crippen LogP contribution in [0.2, 0.25) is 0 Å². The standard InChI is InChI=1S/C20H19F3N4O2/c1-18(2,3)19(28,17-12-24-8-9-25-17)16-7-4-13(10-27-16)15-6-5-14(11-26-15)29-20(21,22)23/h4-12,28H,1-3H3. The van der Waals surface area contributed by atoms with Crippen LogP contribution in [-0.4, -0.2) is 31.4 Å².